The van der Waals surface area contributed by atoms with Crippen LogP contribution in [0.1, 0.15) is 6.92 Å². The van der Waals surface area contributed by atoms with E-state index in [1.807, 2.05) is 10.6 Å². The number of piperazine rings is 1. The number of nitrogens with zero attached hydrogens (tertiary/aromatic N) is 4. The molecule has 1 fully saturated rings. The quantitative estimate of drug-likeness (QED) is 0.614. The van der Waals surface area contributed by atoms with Gasteiger partial charge in [-0.1, -0.05) is 6.92 Å². The molecule has 2 aromatic heterocycles. The Balaban J connectivity index is 1.54. The van der Waals surface area contributed by atoms with E-state index in [0.29, 0.717) is 22.0 Å². The molecule has 10 heteroatoms. The summed E-state index contributed by atoms with van der Waals surface area (Å²) in [5.41, 5.74) is 1.33. The third-order valence-electron chi connectivity index (χ3n) is 5.07. The lowest BCUT2D eigenvalue weighted by molar-refractivity contribution is -0.923. The molecule has 0 radical (unpaired) electrons. The van der Waals surface area contributed by atoms with Crippen molar-refractivity contribution in [2.24, 2.45) is 0 Å². The molecule has 4 rings (SSSR count). The molecule has 1 aromatic carbocycles. The van der Waals surface area contributed by atoms with Crippen LogP contribution in [0.15, 0.2) is 46.0 Å². The van der Waals surface area contributed by atoms with Crippen molar-refractivity contribution in [3.63, 3.8) is 0 Å². The Morgan fingerprint density at radius 3 is 2.61 bits per heavy atom. The first-order valence-electron chi connectivity index (χ1n) is 9.19. The number of fused-ring (bicyclic) bond motifs is 1. The lowest BCUT2D eigenvalue weighted by Crippen LogP contribution is -3.14. The number of nitrogens with one attached hydrogen (secondary N) is 1. The molecule has 8 nitrogen and oxygen atoms in total. The molecular weight excluding hydrogens is 398 g/mol. The highest BCUT2D eigenvalue weighted by Gasteiger charge is 2.23. The van der Waals surface area contributed by atoms with E-state index in [9.17, 15) is 8.42 Å². The van der Waals surface area contributed by atoms with Gasteiger partial charge in [0.1, 0.15) is 0 Å². The third kappa shape index (κ3) is 3.67. The number of aromatic nitrogens is 3. The molecular formula is C18H22N5O3S2+. The van der Waals surface area contributed by atoms with E-state index < -0.39 is 9.84 Å². The average molecular weight is 421 g/mol. The summed E-state index contributed by atoms with van der Waals surface area (Å²) >= 11 is 5.39. The first-order chi connectivity index (χ1) is 13.5. The Labute approximate surface area is 168 Å². The third-order valence-corrected chi connectivity index (χ3v) is 7.10. The zero-order valence-electron chi connectivity index (χ0n) is 15.5. The highest BCUT2D eigenvalue weighted by atomic mass is 32.2. The second-order valence-electron chi connectivity index (χ2n) is 6.77. The first kappa shape index (κ1) is 19.0. The minimum Gasteiger partial charge on any atom is -0.429 e. The van der Waals surface area contributed by atoms with Gasteiger partial charge in [-0.3, -0.25) is 4.57 Å². The van der Waals surface area contributed by atoms with Crippen molar-refractivity contribution >= 4 is 39.1 Å². The SMILES string of the molecule is CCS(=O)(=O)c1ccc2oc(=S)n(C[NH+]3CCN(c4ncccn4)CC3)c2c1. The van der Waals surface area contributed by atoms with Crippen molar-refractivity contribution in [3.8, 4) is 0 Å². The summed E-state index contributed by atoms with van der Waals surface area (Å²) in [6.45, 7) is 5.77. The fourth-order valence-corrected chi connectivity index (χ4v) is 4.56. The van der Waals surface area contributed by atoms with E-state index in [1.165, 1.54) is 4.90 Å². The van der Waals surface area contributed by atoms with Crippen molar-refractivity contribution in [2.45, 2.75) is 18.5 Å². The highest BCUT2D eigenvalue weighted by molar-refractivity contribution is 7.91. The van der Waals surface area contributed by atoms with Gasteiger partial charge in [-0.15, -0.1) is 0 Å². The summed E-state index contributed by atoms with van der Waals surface area (Å²) < 4.78 is 32.0. The van der Waals surface area contributed by atoms with E-state index in [0.717, 1.165) is 37.6 Å². The molecule has 3 aromatic rings. The van der Waals surface area contributed by atoms with E-state index in [1.54, 1.807) is 37.5 Å². The molecule has 0 amide bonds. The number of anilines is 1. The second kappa shape index (κ2) is 7.61. The maximum absolute atomic E-state index is 12.2. The molecule has 0 aliphatic carbocycles. The second-order valence-corrected chi connectivity index (χ2v) is 9.40. The standard InChI is InChI=1S/C18H21N5O3S2/c1-2-28(24,25)14-4-5-16-15(12-14)23(18(27)26-16)13-21-8-10-22(11-9-21)17-19-6-3-7-20-17/h3-7,12H,2,8-11,13H2,1H3/p+1. The molecule has 0 atom stereocenters. The number of oxazole rings is 1. The molecule has 28 heavy (non-hydrogen) atoms. The number of rotatable bonds is 5. The Morgan fingerprint density at radius 1 is 1.21 bits per heavy atom. The largest absolute Gasteiger partial charge is 0.429 e. The predicted octanol–water partition coefficient (Wildman–Crippen LogP) is 0.910. The van der Waals surface area contributed by atoms with Crippen molar-refractivity contribution in [2.75, 3.05) is 36.8 Å². The molecule has 1 saturated heterocycles. The summed E-state index contributed by atoms with van der Waals surface area (Å²) in [6, 6.07) is 6.74. The van der Waals surface area contributed by atoms with E-state index >= 15 is 0 Å². The van der Waals surface area contributed by atoms with Gasteiger partial charge in [-0.2, -0.15) is 0 Å². The number of benzene rings is 1. The monoisotopic (exact) mass is 420 g/mol. The maximum Gasteiger partial charge on any atom is 0.274 e. The first-order valence-corrected chi connectivity index (χ1v) is 11.3. The smallest absolute Gasteiger partial charge is 0.274 e. The molecule has 0 saturated carbocycles. The van der Waals surface area contributed by atoms with Crippen LogP contribution >= 0.6 is 12.2 Å². The van der Waals surface area contributed by atoms with Gasteiger partial charge in [0.2, 0.25) is 5.95 Å². The van der Waals surface area contributed by atoms with Gasteiger partial charge in [0.05, 0.1) is 42.3 Å². The van der Waals surface area contributed by atoms with Crippen LogP contribution in [0, 0.1) is 4.84 Å². The molecule has 1 N–H and O–H groups in total. The summed E-state index contributed by atoms with van der Waals surface area (Å²) in [5, 5.41) is 0. The Morgan fingerprint density at radius 2 is 1.93 bits per heavy atom. The summed E-state index contributed by atoms with van der Waals surface area (Å²) in [5.74, 6) is 0.813. The van der Waals surface area contributed by atoms with Gasteiger partial charge in [-0.05, 0) is 36.5 Å². The molecule has 0 bridgehead atoms. The van der Waals surface area contributed by atoms with Crippen LogP contribution in [0.2, 0.25) is 0 Å². The fraction of sp³-hybridized carbons (Fsp3) is 0.389. The van der Waals surface area contributed by atoms with Crippen LogP contribution in [0.4, 0.5) is 5.95 Å². The van der Waals surface area contributed by atoms with Gasteiger partial charge >= 0.3 is 0 Å². The molecule has 148 valence electrons. The van der Waals surface area contributed by atoms with Crippen LogP contribution in [0.3, 0.4) is 0 Å². The minimum atomic E-state index is -3.28. The number of hydrogen-bond acceptors (Lipinski definition) is 7. The Hall–Kier alpha value is -2.30. The summed E-state index contributed by atoms with van der Waals surface area (Å²) in [7, 11) is -3.28. The van der Waals surface area contributed by atoms with E-state index in [4.69, 9.17) is 16.6 Å². The van der Waals surface area contributed by atoms with Crippen molar-refractivity contribution in [1.29, 1.82) is 0 Å². The van der Waals surface area contributed by atoms with Crippen molar-refractivity contribution in [1.82, 2.24) is 14.5 Å². The van der Waals surface area contributed by atoms with Gasteiger partial charge in [0, 0.05) is 12.4 Å². The molecule has 0 unspecified atom stereocenters. The van der Waals surface area contributed by atoms with Gasteiger partial charge in [0.25, 0.3) is 4.84 Å². The van der Waals surface area contributed by atoms with Crippen molar-refractivity contribution < 1.29 is 17.7 Å². The lowest BCUT2D eigenvalue weighted by atomic mass is 10.3. The fourth-order valence-electron chi connectivity index (χ4n) is 3.41. The van der Waals surface area contributed by atoms with Crippen LogP contribution in [0.5, 0.6) is 0 Å². The number of sulfone groups is 1. The van der Waals surface area contributed by atoms with Crippen LogP contribution < -0.4 is 9.80 Å². The Kier molecular flexibility index (Phi) is 5.17. The molecule has 1 aliphatic heterocycles. The van der Waals surface area contributed by atoms with Gasteiger partial charge in [-0.25, -0.2) is 18.4 Å². The molecule has 0 spiro atoms. The number of quaternary nitrogens is 1. The Bertz CT molecular complexity index is 1130. The topological polar surface area (TPSA) is 85.7 Å². The van der Waals surface area contributed by atoms with Crippen LogP contribution in [-0.2, 0) is 16.5 Å². The molecule has 3 heterocycles. The lowest BCUT2D eigenvalue weighted by Gasteiger charge is -2.32. The normalized spacial score (nSPS) is 16.0. The van der Waals surface area contributed by atoms with E-state index in [2.05, 4.69) is 14.9 Å². The van der Waals surface area contributed by atoms with Gasteiger partial charge in [0.15, 0.2) is 22.1 Å². The zero-order chi connectivity index (χ0) is 19.7. The highest BCUT2D eigenvalue weighted by Crippen LogP contribution is 2.22. The van der Waals surface area contributed by atoms with Crippen molar-refractivity contribution in [3.05, 3.63) is 41.5 Å². The van der Waals surface area contributed by atoms with Crippen LogP contribution in [0.25, 0.3) is 11.1 Å². The average Bonchev–Trinajstić information content (AvgIpc) is 3.04. The van der Waals surface area contributed by atoms with Crippen LogP contribution in [-0.4, -0.2) is 54.9 Å². The van der Waals surface area contributed by atoms with Gasteiger partial charge < -0.3 is 14.2 Å². The summed E-state index contributed by atoms with van der Waals surface area (Å²) in [4.78, 5) is 12.8. The predicted molar refractivity (Wildman–Crippen MR) is 108 cm³/mol. The molecule has 1 aliphatic rings. The minimum absolute atomic E-state index is 0.0614. The van der Waals surface area contributed by atoms with E-state index in [-0.39, 0.29) is 5.75 Å². The summed E-state index contributed by atoms with van der Waals surface area (Å²) in [6.07, 6.45) is 3.50. The zero-order valence-corrected chi connectivity index (χ0v) is 17.2. The maximum atomic E-state index is 12.2. The number of hydrogen-bond donors (Lipinski definition) is 1.